The second kappa shape index (κ2) is 6.73. The predicted molar refractivity (Wildman–Crippen MR) is 80.0 cm³/mol. The summed E-state index contributed by atoms with van der Waals surface area (Å²) in [5.41, 5.74) is -0.171. The van der Waals surface area contributed by atoms with Gasteiger partial charge in [0.25, 0.3) is 5.91 Å². The van der Waals surface area contributed by atoms with Crippen molar-refractivity contribution in [3.05, 3.63) is 46.3 Å². The van der Waals surface area contributed by atoms with Crippen LogP contribution in [0.25, 0.3) is 11.0 Å². The molecule has 1 aromatic carbocycles. The van der Waals surface area contributed by atoms with Crippen molar-refractivity contribution in [2.75, 3.05) is 7.05 Å². The first kappa shape index (κ1) is 16.2. The molecular weight excluding hydrogens is 304 g/mol. The van der Waals surface area contributed by atoms with Crippen LogP contribution in [0.4, 0.5) is 4.79 Å². The first-order valence-electron chi connectivity index (χ1n) is 6.69. The van der Waals surface area contributed by atoms with Crippen molar-refractivity contribution in [1.82, 2.24) is 10.6 Å². The van der Waals surface area contributed by atoms with Gasteiger partial charge in [-0.3, -0.25) is 14.9 Å². The third kappa shape index (κ3) is 3.73. The first-order chi connectivity index (χ1) is 10.9. The molecule has 23 heavy (non-hydrogen) atoms. The fourth-order valence-corrected chi connectivity index (χ4v) is 1.75. The number of rotatable bonds is 3. The molecule has 8 nitrogen and oxygen atoms in total. The molecule has 2 aromatic rings. The van der Waals surface area contributed by atoms with E-state index in [-0.39, 0.29) is 11.3 Å². The number of para-hydroxylation sites is 1. The molecular formula is C15H14N2O6. The van der Waals surface area contributed by atoms with E-state index in [9.17, 15) is 19.2 Å². The Labute approximate surface area is 130 Å². The summed E-state index contributed by atoms with van der Waals surface area (Å²) in [7, 11) is 1.34. The molecule has 0 fully saturated rings. The molecule has 1 atom stereocenters. The number of urea groups is 1. The monoisotopic (exact) mass is 318 g/mol. The number of benzene rings is 1. The number of nitrogens with one attached hydrogen (secondary N) is 2. The molecule has 2 rings (SSSR count). The summed E-state index contributed by atoms with van der Waals surface area (Å²) in [6, 6.07) is 6.69. The van der Waals surface area contributed by atoms with Gasteiger partial charge in [0.1, 0.15) is 5.58 Å². The maximum atomic E-state index is 12.0. The fourth-order valence-electron chi connectivity index (χ4n) is 1.75. The van der Waals surface area contributed by atoms with E-state index < -0.39 is 29.4 Å². The molecule has 2 N–H and O–H groups in total. The molecule has 0 spiro atoms. The zero-order chi connectivity index (χ0) is 17.0. The van der Waals surface area contributed by atoms with Crippen LogP contribution in [0, 0.1) is 0 Å². The predicted octanol–water partition coefficient (Wildman–Crippen LogP) is 0.794. The van der Waals surface area contributed by atoms with E-state index in [2.05, 4.69) is 5.32 Å². The Morgan fingerprint density at radius 1 is 1.22 bits per heavy atom. The van der Waals surface area contributed by atoms with Gasteiger partial charge < -0.3 is 14.5 Å². The van der Waals surface area contributed by atoms with Crippen LogP contribution in [-0.4, -0.2) is 31.1 Å². The highest BCUT2D eigenvalue weighted by molar-refractivity contribution is 5.98. The molecule has 0 aliphatic rings. The molecule has 0 saturated carbocycles. The van der Waals surface area contributed by atoms with Gasteiger partial charge in [0.15, 0.2) is 11.5 Å². The van der Waals surface area contributed by atoms with Crippen LogP contribution in [-0.2, 0) is 9.53 Å². The molecule has 1 aromatic heterocycles. The SMILES string of the molecule is CNC(=O)NC(=O)[C@H](C)OC(=O)c1cc(=O)c2ccccc2o1. The number of hydrogen-bond donors (Lipinski definition) is 2. The van der Waals surface area contributed by atoms with Crippen molar-refractivity contribution >= 4 is 28.9 Å². The van der Waals surface area contributed by atoms with E-state index >= 15 is 0 Å². The van der Waals surface area contributed by atoms with E-state index in [1.54, 1.807) is 18.2 Å². The molecule has 0 bridgehead atoms. The normalized spacial score (nSPS) is 11.6. The zero-order valence-corrected chi connectivity index (χ0v) is 12.4. The van der Waals surface area contributed by atoms with Gasteiger partial charge in [-0.05, 0) is 19.1 Å². The van der Waals surface area contributed by atoms with Gasteiger partial charge >= 0.3 is 12.0 Å². The van der Waals surface area contributed by atoms with Crippen LogP contribution >= 0.6 is 0 Å². The lowest BCUT2D eigenvalue weighted by Gasteiger charge is -2.12. The van der Waals surface area contributed by atoms with Crippen LogP contribution in [0.2, 0.25) is 0 Å². The van der Waals surface area contributed by atoms with Gasteiger partial charge in [-0.2, -0.15) is 0 Å². The highest BCUT2D eigenvalue weighted by Gasteiger charge is 2.22. The van der Waals surface area contributed by atoms with E-state index in [0.717, 1.165) is 6.07 Å². The largest absolute Gasteiger partial charge is 0.449 e. The second-order valence-corrected chi connectivity index (χ2v) is 4.59. The molecule has 1 heterocycles. The van der Waals surface area contributed by atoms with Gasteiger partial charge in [0, 0.05) is 13.1 Å². The van der Waals surface area contributed by atoms with Crippen molar-refractivity contribution in [2.45, 2.75) is 13.0 Å². The summed E-state index contributed by atoms with van der Waals surface area (Å²) in [5.74, 6) is -2.11. The van der Waals surface area contributed by atoms with E-state index in [0.29, 0.717) is 5.39 Å². The summed E-state index contributed by atoms with van der Waals surface area (Å²) in [4.78, 5) is 46.5. The van der Waals surface area contributed by atoms with E-state index in [1.807, 2.05) is 5.32 Å². The lowest BCUT2D eigenvalue weighted by Crippen LogP contribution is -2.43. The number of imide groups is 1. The van der Waals surface area contributed by atoms with Crippen molar-refractivity contribution in [3.63, 3.8) is 0 Å². The molecule has 3 amide bonds. The summed E-state index contributed by atoms with van der Waals surface area (Å²) in [5, 5.41) is 4.49. The number of esters is 1. The topological polar surface area (TPSA) is 115 Å². The standard InChI is InChI=1S/C15H14N2O6/c1-8(13(19)17-15(21)16-2)22-14(20)12-7-10(18)9-5-3-4-6-11(9)23-12/h3-8H,1-2H3,(H2,16,17,19,21)/t8-/m0/s1. The van der Waals surface area contributed by atoms with Crippen LogP contribution in [0.15, 0.2) is 39.5 Å². The number of carbonyl (C=O) groups excluding carboxylic acids is 3. The fraction of sp³-hybridized carbons (Fsp3) is 0.200. The number of carbonyl (C=O) groups is 3. The van der Waals surface area contributed by atoms with Gasteiger partial charge in [0.2, 0.25) is 5.76 Å². The van der Waals surface area contributed by atoms with E-state index in [4.69, 9.17) is 9.15 Å². The van der Waals surface area contributed by atoms with Gasteiger partial charge in [-0.15, -0.1) is 0 Å². The Morgan fingerprint density at radius 3 is 2.61 bits per heavy atom. The van der Waals surface area contributed by atoms with Crippen LogP contribution in [0.5, 0.6) is 0 Å². The Balaban J connectivity index is 2.16. The highest BCUT2D eigenvalue weighted by Crippen LogP contribution is 2.13. The molecule has 0 radical (unpaired) electrons. The molecule has 0 saturated heterocycles. The second-order valence-electron chi connectivity index (χ2n) is 4.59. The number of fused-ring (bicyclic) bond motifs is 1. The van der Waals surface area contributed by atoms with Crippen LogP contribution in [0.3, 0.4) is 0 Å². The number of amides is 3. The lowest BCUT2D eigenvalue weighted by atomic mass is 10.2. The minimum Gasteiger partial charge on any atom is -0.449 e. The van der Waals surface area contributed by atoms with Crippen molar-refractivity contribution in [2.24, 2.45) is 0 Å². The van der Waals surface area contributed by atoms with Crippen molar-refractivity contribution in [3.8, 4) is 0 Å². The third-order valence-electron chi connectivity index (χ3n) is 2.95. The maximum Gasteiger partial charge on any atom is 0.375 e. The van der Waals surface area contributed by atoms with Gasteiger partial charge in [-0.1, -0.05) is 12.1 Å². The van der Waals surface area contributed by atoms with Crippen molar-refractivity contribution < 1.29 is 23.5 Å². The Kier molecular flexibility index (Phi) is 4.75. The average molecular weight is 318 g/mol. The zero-order valence-electron chi connectivity index (χ0n) is 12.4. The minimum absolute atomic E-state index is 0.231. The molecule has 8 heteroatoms. The third-order valence-corrected chi connectivity index (χ3v) is 2.95. The molecule has 0 aliphatic heterocycles. The Morgan fingerprint density at radius 2 is 1.91 bits per heavy atom. The summed E-state index contributed by atoms with van der Waals surface area (Å²) < 4.78 is 10.2. The quantitative estimate of drug-likeness (QED) is 0.809. The first-order valence-corrected chi connectivity index (χ1v) is 6.69. The van der Waals surface area contributed by atoms with Crippen molar-refractivity contribution in [1.29, 1.82) is 0 Å². The minimum atomic E-state index is -1.24. The molecule has 120 valence electrons. The number of ether oxygens (including phenoxy) is 1. The summed E-state index contributed by atoms with van der Waals surface area (Å²) in [6.07, 6.45) is -1.24. The molecule has 0 unspecified atom stereocenters. The lowest BCUT2D eigenvalue weighted by molar-refractivity contribution is -0.128. The summed E-state index contributed by atoms with van der Waals surface area (Å²) >= 11 is 0. The molecule has 0 aliphatic carbocycles. The van der Waals surface area contributed by atoms with Gasteiger partial charge in [-0.25, -0.2) is 9.59 Å². The van der Waals surface area contributed by atoms with E-state index in [1.165, 1.54) is 20.0 Å². The Bertz CT molecular complexity index is 826. The highest BCUT2D eigenvalue weighted by atomic mass is 16.6. The Hall–Kier alpha value is -3.16. The summed E-state index contributed by atoms with van der Waals surface area (Å²) in [6.45, 7) is 1.29. The smallest absolute Gasteiger partial charge is 0.375 e. The van der Waals surface area contributed by atoms with Crippen LogP contribution < -0.4 is 16.1 Å². The van der Waals surface area contributed by atoms with Gasteiger partial charge in [0.05, 0.1) is 5.39 Å². The maximum absolute atomic E-state index is 12.0. The number of hydrogen-bond acceptors (Lipinski definition) is 6. The average Bonchev–Trinajstić information content (AvgIpc) is 2.54. The van der Waals surface area contributed by atoms with Crippen LogP contribution in [0.1, 0.15) is 17.5 Å².